The lowest BCUT2D eigenvalue weighted by atomic mass is 9.97. The maximum absolute atomic E-state index is 12.6. The summed E-state index contributed by atoms with van der Waals surface area (Å²) in [4.78, 5) is 12.7. The van der Waals surface area contributed by atoms with Crippen LogP contribution in [0, 0.1) is 0 Å². The van der Waals surface area contributed by atoms with Crippen LogP contribution in [0.3, 0.4) is 0 Å². The van der Waals surface area contributed by atoms with Crippen LogP contribution in [-0.2, 0) is 10.0 Å². The summed E-state index contributed by atoms with van der Waals surface area (Å²) in [7, 11) is -3.75. The molecule has 27 heavy (non-hydrogen) atoms. The second-order valence-electron chi connectivity index (χ2n) is 6.58. The summed E-state index contributed by atoms with van der Waals surface area (Å²) >= 11 is 0. The Morgan fingerprint density at radius 2 is 1.70 bits per heavy atom. The summed E-state index contributed by atoms with van der Waals surface area (Å²) < 4.78 is 27.6. The molecule has 0 spiro atoms. The van der Waals surface area contributed by atoms with Crippen molar-refractivity contribution in [1.82, 2.24) is 5.32 Å². The first-order valence-electron chi connectivity index (χ1n) is 9.19. The molecule has 1 aliphatic carbocycles. The highest BCUT2D eigenvalue weighted by molar-refractivity contribution is 7.92. The fourth-order valence-electron chi connectivity index (χ4n) is 3.14. The number of carbonyl (C=O) groups excluding carboxylic acids is 1. The fourth-order valence-corrected chi connectivity index (χ4v) is 4.24. The molecule has 0 bridgehead atoms. The third-order valence-corrected chi connectivity index (χ3v) is 5.97. The van der Waals surface area contributed by atoms with Crippen molar-refractivity contribution in [1.29, 1.82) is 0 Å². The van der Waals surface area contributed by atoms with Gasteiger partial charge in [-0.2, -0.15) is 0 Å². The number of allylic oxidation sites excluding steroid dienone is 1. The number of para-hydroxylation sites is 1. The summed E-state index contributed by atoms with van der Waals surface area (Å²) in [6.45, 7) is 0.546. The van der Waals surface area contributed by atoms with Gasteiger partial charge in [0.2, 0.25) is 0 Å². The minimum atomic E-state index is -3.75. The number of hydrogen-bond acceptors (Lipinski definition) is 3. The van der Waals surface area contributed by atoms with Crippen molar-refractivity contribution in [2.45, 2.75) is 37.0 Å². The number of anilines is 1. The van der Waals surface area contributed by atoms with Gasteiger partial charge < -0.3 is 5.32 Å². The van der Waals surface area contributed by atoms with E-state index in [4.69, 9.17) is 0 Å². The van der Waals surface area contributed by atoms with Gasteiger partial charge in [0, 0.05) is 6.54 Å². The minimum absolute atomic E-state index is 0.157. The molecule has 1 amide bonds. The molecule has 0 heterocycles. The van der Waals surface area contributed by atoms with Crippen molar-refractivity contribution in [3.8, 4) is 0 Å². The molecule has 0 saturated heterocycles. The van der Waals surface area contributed by atoms with E-state index in [0.29, 0.717) is 12.1 Å². The summed E-state index contributed by atoms with van der Waals surface area (Å²) in [6.07, 6.45) is 7.77. The van der Waals surface area contributed by atoms with Crippen molar-refractivity contribution in [2.75, 3.05) is 11.3 Å². The third kappa shape index (κ3) is 5.20. The number of rotatable bonds is 7. The summed E-state index contributed by atoms with van der Waals surface area (Å²) in [5.74, 6) is -0.280. The van der Waals surface area contributed by atoms with Crippen LogP contribution in [0.5, 0.6) is 0 Å². The second kappa shape index (κ2) is 8.86. The van der Waals surface area contributed by atoms with E-state index in [-0.39, 0.29) is 16.5 Å². The molecule has 0 unspecified atom stereocenters. The van der Waals surface area contributed by atoms with Gasteiger partial charge in [-0.1, -0.05) is 42.0 Å². The van der Waals surface area contributed by atoms with Gasteiger partial charge >= 0.3 is 0 Å². The molecule has 2 aromatic rings. The van der Waals surface area contributed by atoms with Gasteiger partial charge in [0.05, 0.1) is 16.1 Å². The van der Waals surface area contributed by atoms with Gasteiger partial charge in [0.15, 0.2) is 0 Å². The van der Waals surface area contributed by atoms with E-state index in [1.165, 1.54) is 30.5 Å². The lowest BCUT2D eigenvalue weighted by molar-refractivity contribution is 0.0955. The topological polar surface area (TPSA) is 75.3 Å². The van der Waals surface area contributed by atoms with E-state index in [2.05, 4.69) is 16.1 Å². The number of carbonyl (C=O) groups is 1. The van der Waals surface area contributed by atoms with Crippen molar-refractivity contribution in [3.05, 3.63) is 71.8 Å². The Hall–Kier alpha value is -2.60. The molecule has 0 atom stereocenters. The average molecular weight is 385 g/mol. The van der Waals surface area contributed by atoms with E-state index >= 15 is 0 Å². The van der Waals surface area contributed by atoms with E-state index in [1.54, 1.807) is 42.5 Å². The Morgan fingerprint density at radius 1 is 0.963 bits per heavy atom. The molecule has 1 aliphatic rings. The van der Waals surface area contributed by atoms with Gasteiger partial charge in [-0.3, -0.25) is 9.52 Å². The summed E-state index contributed by atoms with van der Waals surface area (Å²) in [6, 6.07) is 14.7. The number of benzene rings is 2. The molecule has 142 valence electrons. The molecular weight excluding hydrogens is 360 g/mol. The highest BCUT2D eigenvalue weighted by atomic mass is 32.2. The molecule has 0 aromatic heterocycles. The van der Waals surface area contributed by atoms with Crippen molar-refractivity contribution in [3.63, 3.8) is 0 Å². The first-order valence-corrected chi connectivity index (χ1v) is 10.7. The monoisotopic (exact) mass is 384 g/mol. The zero-order valence-corrected chi connectivity index (χ0v) is 16.0. The Labute approximate surface area is 160 Å². The Kier molecular flexibility index (Phi) is 6.29. The summed E-state index contributed by atoms with van der Waals surface area (Å²) in [5.41, 5.74) is 1.98. The second-order valence-corrected chi connectivity index (χ2v) is 8.26. The maximum Gasteiger partial charge on any atom is 0.261 e. The fraction of sp³-hybridized carbons (Fsp3) is 0.286. The number of hydrogen-bond donors (Lipinski definition) is 2. The largest absolute Gasteiger partial charge is 0.352 e. The smallest absolute Gasteiger partial charge is 0.261 e. The summed E-state index contributed by atoms with van der Waals surface area (Å²) in [5, 5.41) is 2.90. The highest BCUT2D eigenvalue weighted by Crippen LogP contribution is 2.21. The van der Waals surface area contributed by atoms with Gasteiger partial charge in [0.25, 0.3) is 15.9 Å². The molecular formula is C21H24N2O3S. The first-order chi connectivity index (χ1) is 13.1. The minimum Gasteiger partial charge on any atom is -0.352 e. The normalized spacial score (nSPS) is 14.3. The van der Waals surface area contributed by atoms with Crippen LogP contribution < -0.4 is 10.0 Å². The van der Waals surface area contributed by atoms with Gasteiger partial charge in [-0.25, -0.2) is 8.42 Å². The molecule has 2 aromatic carbocycles. The molecule has 0 aliphatic heterocycles. The third-order valence-electron chi connectivity index (χ3n) is 4.59. The molecule has 5 nitrogen and oxygen atoms in total. The van der Waals surface area contributed by atoms with Crippen molar-refractivity contribution < 1.29 is 13.2 Å². The van der Waals surface area contributed by atoms with Crippen LogP contribution >= 0.6 is 0 Å². The van der Waals surface area contributed by atoms with Crippen LogP contribution in [0.1, 0.15) is 42.5 Å². The van der Waals surface area contributed by atoms with Crippen LogP contribution in [-0.4, -0.2) is 20.9 Å². The van der Waals surface area contributed by atoms with Crippen LogP contribution in [0.15, 0.2) is 71.1 Å². The predicted octanol–water partition coefficient (Wildman–Crippen LogP) is 4.11. The van der Waals surface area contributed by atoms with Crippen LogP contribution in [0.2, 0.25) is 0 Å². The Morgan fingerprint density at radius 3 is 2.44 bits per heavy atom. The van der Waals surface area contributed by atoms with Crippen molar-refractivity contribution >= 4 is 21.6 Å². The van der Waals surface area contributed by atoms with E-state index < -0.39 is 10.0 Å². The lowest BCUT2D eigenvalue weighted by Gasteiger charge is -2.14. The zero-order valence-electron chi connectivity index (χ0n) is 15.1. The van der Waals surface area contributed by atoms with E-state index in [9.17, 15) is 13.2 Å². The zero-order chi connectivity index (χ0) is 19.1. The van der Waals surface area contributed by atoms with Gasteiger partial charge in [-0.05, 0) is 56.4 Å². The predicted molar refractivity (Wildman–Crippen MR) is 107 cm³/mol. The molecule has 6 heteroatoms. The number of sulfonamides is 1. The molecule has 3 rings (SSSR count). The lowest BCUT2D eigenvalue weighted by Crippen LogP contribution is -2.26. The molecule has 0 saturated carbocycles. The van der Waals surface area contributed by atoms with Crippen molar-refractivity contribution in [2.24, 2.45) is 0 Å². The van der Waals surface area contributed by atoms with E-state index in [1.807, 2.05) is 0 Å². The molecule has 0 radical (unpaired) electrons. The van der Waals surface area contributed by atoms with Gasteiger partial charge in [-0.15, -0.1) is 0 Å². The highest BCUT2D eigenvalue weighted by Gasteiger charge is 2.18. The average Bonchev–Trinajstić information content (AvgIpc) is 2.69. The SMILES string of the molecule is O=C(NCCC1=CCCCC1)c1ccccc1NS(=O)(=O)c1ccccc1. The first kappa shape index (κ1) is 19.2. The molecule has 0 fully saturated rings. The standard InChI is InChI=1S/C21H24N2O3S/c24-21(22-16-15-17-9-3-1-4-10-17)19-13-7-8-14-20(19)23-27(25,26)18-11-5-2-6-12-18/h2,5-9,11-14,23H,1,3-4,10,15-16H2,(H,22,24). The number of nitrogens with one attached hydrogen (secondary N) is 2. The Balaban J connectivity index is 1.68. The number of amides is 1. The Bertz CT molecular complexity index is 921. The van der Waals surface area contributed by atoms with E-state index in [0.717, 1.165) is 19.3 Å². The van der Waals surface area contributed by atoms with Gasteiger partial charge in [0.1, 0.15) is 0 Å². The maximum atomic E-state index is 12.6. The van der Waals surface area contributed by atoms with Crippen LogP contribution in [0.25, 0.3) is 0 Å². The quantitative estimate of drug-likeness (QED) is 0.706. The van der Waals surface area contributed by atoms with Crippen LogP contribution in [0.4, 0.5) is 5.69 Å². The molecule has 2 N–H and O–H groups in total.